The van der Waals surface area contributed by atoms with Crippen LogP contribution in [0.2, 0.25) is 0 Å². The van der Waals surface area contributed by atoms with E-state index in [1.807, 2.05) is 39.0 Å². The average molecular weight is 546 g/mol. The molecule has 9 heteroatoms. The number of esters is 1. The van der Waals surface area contributed by atoms with Crippen molar-refractivity contribution in [3.05, 3.63) is 99.7 Å². The zero-order valence-electron chi connectivity index (χ0n) is 21.8. The molecular formula is C30H28ClN3O5. The summed E-state index contributed by atoms with van der Waals surface area (Å²) in [6.07, 6.45) is 1.67. The summed E-state index contributed by atoms with van der Waals surface area (Å²) < 4.78 is 5.19. The van der Waals surface area contributed by atoms with Crippen LogP contribution >= 0.6 is 11.6 Å². The van der Waals surface area contributed by atoms with Gasteiger partial charge in [0.25, 0.3) is 17.7 Å². The van der Waals surface area contributed by atoms with Crippen molar-refractivity contribution >= 4 is 52.4 Å². The number of unbranched alkanes of at least 4 members (excludes halogenated alkanes) is 1. The number of hydrogen-bond donors (Lipinski definition) is 2. The highest BCUT2D eigenvalue weighted by Crippen LogP contribution is 2.30. The molecule has 1 aliphatic rings. The van der Waals surface area contributed by atoms with Gasteiger partial charge in [-0.05, 0) is 92.1 Å². The molecular weight excluding hydrogens is 518 g/mol. The van der Waals surface area contributed by atoms with Crippen LogP contribution in [0, 0.1) is 13.8 Å². The summed E-state index contributed by atoms with van der Waals surface area (Å²) in [7, 11) is 0. The predicted molar refractivity (Wildman–Crippen MR) is 151 cm³/mol. The van der Waals surface area contributed by atoms with E-state index < -0.39 is 17.8 Å². The number of amides is 3. The van der Waals surface area contributed by atoms with Crippen molar-refractivity contribution in [2.75, 3.05) is 22.1 Å². The molecule has 200 valence electrons. The second-order valence-electron chi connectivity index (χ2n) is 9.20. The topological polar surface area (TPSA) is 105 Å². The van der Waals surface area contributed by atoms with E-state index in [1.165, 1.54) is 24.3 Å². The van der Waals surface area contributed by atoms with Gasteiger partial charge < -0.3 is 15.4 Å². The first-order valence-electron chi connectivity index (χ1n) is 12.5. The molecule has 0 radical (unpaired) electrons. The second-order valence-corrected chi connectivity index (χ2v) is 9.58. The SMILES string of the molecule is CCCCOC(=O)c1ccc(N2C(=O)C(Cl)=C(Nc3ccc(C(=O)Nc4cc(C)cc(C)c4)cc3)C2=O)cc1. The molecule has 0 aliphatic carbocycles. The number of ether oxygens (including phenoxy) is 1. The molecule has 3 aromatic rings. The van der Waals surface area contributed by atoms with Crippen LogP contribution in [0.15, 0.2) is 77.5 Å². The van der Waals surface area contributed by atoms with E-state index in [4.69, 9.17) is 16.3 Å². The normalized spacial score (nSPS) is 13.1. The Morgan fingerprint density at radius 1 is 0.846 bits per heavy atom. The van der Waals surface area contributed by atoms with Gasteiger partial charge in [-0.2, -0.15) is 0 Å². The lowest BCUT2D eigenvalue weighted by Gasteiger charge is -2.15. The van der Waals surface area contributed by atoms with Gasteiger partial charge in [0.15, 0.2) is 0 Å². The largest absolute Gasteiger partial charge is 0.462 e. The third-order valence-electron chi connectivity index (χ3n) is 6.02. The van der Waals surface area contributed by atoms with Crippen LogP contribution in [-0.2, 0) is 14.3 Å². The second kappa shape index (κ2) is 12.0. The van der Waals surface area contributed by atoms with Crippen LogP contribution in [0.4, 0.5) is 17.1 Å². The monoisotopic (exact) mass is 545 g/mol. The summed E-state index contributed by atoms with van der Waals surface area (Å²) >= 11 is 6.24. The highest BCUT2D eigenvalue weighted by molar-refractivity contribution is 6.53. The van der Waals surface area contributed by atoms with Gasteiger partial charge >= 0.3 is 5.97 Å². The molecule has 0 fully saturated rings. The maximum Gasteiger partial charge on any atom is 0.338 e. The van der Waals surface area contributed by atoms with E-state index in [0.29, 0.717) is 29.1 Å². The number of carbonyl (C=O) groups is 4. The third kappa shape index (κ3) is 6.35. The van der Waals surface area contributed by atoms with Crippen molar-refractivity contribution in [2.45, 2.75) is 33.6 Å². The van der Waals surface area contributed by atoms with Crippen molar-refractivity contribution in [1.82, 2.24) is 0 Å². The average Bonchev–Trinajstić information content (AvgIpc) is 3.11. The van der Waals surface area contributed by atoms with Gasteiger partial charge in [-0.3, -0.25) is 14.4 Å². The number of anilines is 3. The zero-order chi connectivity index (χ0) is 28.1. The zero-order valence-corrected chi connectivity index (χ0v) is 22.6. The summed E-state index contributed by atoms with van der Waals surface area (Å²) in [6.45, 7) is 6.24. The van der Waals surface area contributed by atoms with Crippen LogP contribution < -0.4 is 15.5 Å². The molecule has 8 nitrogen and oxygen atoms in total. The minimum atomic E-state index is -0.688. The van der Waals surface area contributed by atoms with E-state index in [2.05, 4.69) is 10.6 Å². The Morgan fingerprint density at radius 2 is 1.46 bits per heavy atom. The van der Waals surface area contributed by atoms with Crippen LogP contribution in [0.25, 0.3) is 0 Å². The summed E-state index contributed by atoms with van der Waals surface area (Å²) in [5.41, 5.74) is 4.17. The number of hydrogen-bond acceptors (Lipinski definition) is 6. The summed E-state index contributed by atoms with van der Waals surface area (Å²) in [6, 6.07) is 18.2. The van der Waals surface area contributed by atoms with Crippen LogP contribution in [0.1, 0.15) is 51.6 Å². The van der Waals surface area contributed by atoms with Gasteiger partial charge in [-0.1, -0.05) is 31.0 Å². The van der Waals surface area contributed by atoms with Gasteiger partial charge in [0, 0.05) is 16.9 Å². The first kappa shape index (κ1) is 27.6. The minimum absolute atomic E-state index is 0.0860. The fraction of sp³-hybridized carbons (Fsp3) is 0.200. The Morgan fingerprint density at radius 3 is 2.08 bits per heavy atom. The van der Waals surface area contributed by atoms with Gasteiger partial charge in [0.1, 0.15) is 10.7 Å². The summed E-state index contributed by atoms with van der Waals surface area (Å²) in [5.74, 6) is -2.08. The van der Waals surface area contributed by atoms with E-state index in [9.17, 15) is 19.2 Å². The standard InChI is InChI=1S/C30H28ClN3O5/c1-4-5-14-39-30(38)21-8-12-24(13-9-21)34-28(36)25(31)26(29(34)37)32-22-10-6-20(7-11-22)27(35)33-23-16-18(2)15-19(3)17-23/h6-13,15-17,32H,4-5,14H2,1-3H3,(H,33,35). The van der Waals surface area contributed by atoms with Crippen molar-refractivity contribution in [3.8, 4) is 0 Å². The van der Waals surface area contributed by atoms with Crippen LogP contribution in [-0.4, -0.2) is 30.3 Å². The van der Waals surface area contributed by atoms with Crippen LogP contribution in [0.3, 0.4) is 0 Å². The fourth-order valence-corrected chi connectivity index (χ4v) is 4.30. The molecule has 1 aliphatic heterocycles. The Hall–Kier alpha value is -4.43. The van der Waals surface area contributed by atoms with E-state index >= 15 is 0 Å². The maximum absolute atomic E-state index is 13.1. The Kier molecular flexibility index (Phi) is 8.46. The molecule has 0 unspecified atom stereocenters. The number of halogens is 1. The highest BCUT2D eigenvalue weighted by Gasteiger charge is 2.39. The smallest absolute Gasteiger partial charge is 0.338 e. The van der Waals surface area contributed by atoms with Gasteiger partial charge in [0.2, 0.25) is 0 Å². The Labute approximate surface area is 231 Å². The van der Waals surface area contributed by atoms with E-state index in [-0.39, 0.29) is 22.3 Å². The van der Waals surface area contributed by atoms with E-state index in [1.54, 1.807) is 24.3 Å². The quantitative estimate of drug-likeness (QED) is 0.196. The molecule has 3 aromatic carbocycles. The van der Waals surface area contributed by atoms with Gasteiger partial charge in [0.05, 0.1) is 17.9 Å². The first-order valence-corrected chi connectivity index (χ1v) is 12.9. The molecule has 0 saturated carbocycles. The molecule has 4 rings (SSSR count). The first-order chi connectivity index (χ1) is 18.7. The summed E-state index contributed by atoms with van der Waals surface area (Å²) in [5, 5.41) is 5.50. The van der Waals surface area contributed by atoms with Crippen molar-refractivity contribution < 1.29 is 23.9 Å². The molecule has 3 amide bonds. The molecule has 0 atom stereocenters. The fourth-order valence-electron chi connectivity index (χ4n) is 4.08. The number of carbonyl (C=O) groups excluding carboxylic acids is 4. The van der Waals surface area contributed by atoms with Gasteiger partial charge in [-0.25, -0.2) is 9.69 Å². The van der Waals surface area contributed by atoms with Gasteiger partial charge in [-0.15, -0.1) is 0 Å². The molecule has 2 N–H and O–H groups in total. The van der Waals surface area contributed by atoms with E-state index in [0.717, 1.165) is 28.9 Å². The Balaban J connectivity index is 1.42. The molecule has 39 heavy (non-hydrogen) atoms. The van der Waals surface area contributed by atoms with Crippen molar-refractivity contribution in [1.29, 1.82) is 0 Å². The predicted octanol–water partition coefficient (Wildman–Crippen LogP) is 5.95. The number of benzene rings is 3. The molecule has 1 heterocycles. The lowest BCUT2D eigenvalue weighted by molar-refractivity contribution is -0.120. The number of aryl methyl sites for hydroxylation is 2. The molecule has 0 spiro atoms. The number of imide groups is 1. The third-order valence-corrected chi connectivity index (χ3v) is 6.37. The lowest BCUT2D eigenvalue weighted by atomic mass is 10.1. The van der Waals surface area contributed by atoms with Crippen molar-refractivity contribution in [3.63, 3.8) is 0 Å². The number of rotatable bonds is 9. The Bertz CT molecular complexity index is 1440. The van der Waals surface area contributed by atoms with Crippen LogP contribution in [0.5, 0.6) is 0 Å². The number of nitrogens with zero attached hydrogens (tertiary/aromatic N) is 1. The maximum atomic E-state index is 13.1. The summed E-state index contributed by atoms with van der Waals surface area (Å²) in [4.78, 5) is 51.7. The van der Waals surface area contributed by atoms with Crippen molar-refractivity contribution in [2.24, 2.45) is 0 Å². The molecule has 0 bridgehead atoms. The molecule has 0 saturated heterocycles. The highest BCUT2D eigenvalue weighted by atomic mass is 35.5. The molecule has 0 aromatic heterocycles. The minimum Gasteiger partial charge on any atom is -0.462 e. The number of nitrogens with one attached hydrogen (secondary N) is 2. The lowest BCUT2D eigenvalue weighted by Crippen LogP contribution is -2.32.